The number of halogens is 2. The van der Waals surface area contributed by atoms with Gasteiger partial charge in [0.2, 0.25) is 0 Å². The molecule has 0 unspecified atom stereocenters. The Labute approximate surface area is 122 Å². The summed E-state index contributed by atoms with van der Waals surface area (Å²) >= 11 is 6.90. The minimum Gasteiger partial charge on any atom is -0.457 e. The van der Waals surface area contributed by atoms with E-state index in [-0.39, 0.29) is 0 Å². The van der Waals surface area contributed by atoms with Gasteiger partial charge in [-0.2, -0.15) is 5.26 Å². The first kappa shape index (κ1) is 13.1. The molecule has 0 aliphatic rings. The highest BCUT2D eigenvalue weighted by molar-refractivity contribution is 9.10. The van der Waals surface area contributed by atoms with E-state index in [1.54, 1.807) is 24.3 Å². The van der Waals surface area contributed by atoms with Gasteiger partial charge >= 0.3 is 0 Å². The molecule has 0 bridgehead atoms. The van der Waals surface area contributed by atoms with Crippen LogP contribution in [0.2, 0.25) is 0 Å². The molecule has 2 aromatic carbocycles. The Hall–Kier alpha value is -1.31. The van der Waals surface area contributed by atoms with Gasteiger partial charge in [-0.25, -0.2) is 0 Å². The molecule has 0 radical (unpaired) electrons. The lowest BCUT2D eigenvalue weighted by molar-refractivity contribution is 0.482. The van der Waals surface area contributed by atoms with Crippen LogP contribution in [0.5, 0.6) is 11.5 Å². The van der Waals surface area contributed by atoms with E-state index in [1.807, 2.05) is 18.2 Å². The average molecular weight is 367 g/mol. The summed E-state index contributed by atoms with van der Waals surface area (Å²) in [6.07, 6.45) is 0. The number of nitrogens with zero attached hydrogens (tertiary/aromatic N) is 1. The van der Waals surface area contributed by atoms with Crippen LogP contribution in [-0.2, 0) is 5.33 Å². The van der Waals surface area contributed by atoms with Crippen LogP contribution >= 0.6 is 31.9 Å². The quantitative estimate of drug-likeness (QED) is 0.715. The van der Waals surface area contributed by atoms with Crippen molar-refractivity contribution in [1.82, 2.24) is 0 Å². The Morgan fingerprint density at radius 3 is 2.33 bits per heavy atom. The maximum atomic E-state index is 8.72. The molecule has 90 valence electrons. The van der Waals surface area contributed by atoms with Crippen molar-refractivity contribution in [1.29, 1.82) is 5.26 Å². The first-order chi connectivity index (χ1) is 8.72. The van der Waals surface area contributed by atoms with Gasteiger partial charge in [0, 0.05) is 9.80 Å². The Bertz CT molecular complexity index is 588. The van der Waals surface area contributed by atoms with E-state index in [1.165, 1.54) is 0 Å². The van der Waals surface area contributed by atoms with Crippen molar-refractivity contribution < 1.29 is 4.74 Å². The summed E-state index contributed by atoms with van der Waals surface area (Å²) in [5, 5.41) is 9.48. The molecule has 0 amide bonds. The molecule has 0 aromatic heterocycles. The molecule has 0 atom stereocenters. The molecule has 0 N–H and O–H groups in total. The monoisotopic (exact) mass is 365 g/mol. The molecule has 0 aliphatic heterocycles. The molecule has 2 aromatic rings. The van der Waals surface area contributed by atoms with Gasteiger partial charge in [-0.05, 0) is 48.0 Å². The van der Waals surface area contributed by atoms with Crippen LogP contribution < -0.4 is 4.74 Å². The normalized spacial score (nSPS) is 9.83. The largest absolute Gasteiger partial charge is 0.457 e. The zero-order valence-electron chi connectivity index (χ0n) is 9.36. The number of ether oxygens (including phenoxy) is 1. The van der Waals surface area contributed by atoms with E-state index >= 15 is 0 Å². The second-order valence-corrected chi connectivity index (χ2v) is 5.04. The third-order valence-electron chi connectivity index (χ3n) is 2.38. The minimum atomic E-state index is 0.624. The van der Waals surface area contributed by atoms with Crippen molar-refractivity contribution in [3.05, 3.63) is 58.1 Å². The van der Waals surface area contributed by atoms with Crippen molar-refractivity contribution in [2.45, 2.75) is 5.33 Å². The summed E-state index contributed by atoms with van der Waals surface area (Å²) < 4.78 is 6.77. The highest BCUT2D eigenvalue weighted by Crippen LogP contribution is 2.28. The lowest BCUT2D eigenvalue weighted by Crippen LogP contribution is -1.87. The van der Waals surface area contributed by atoms with Gasteiger partial charge in [-0.1, -0.05) is 31.9 Å². The fraction of sp³-hybridized carbons (Fsp3) is 0.0714. The van der Waals surface area contributed by atoms with E-state index < -0.39 is 0 Å². The molecule has 18 heavy (non-hydrogen) atoms. The van der Waals surface area contributed by atoms with Crippen LogP contribution in [-0.4, -0.2) is 0 Å². The fourth-order valence-electron chi connectivity index (χ4n) is 1.45. The Kier molecular flexibility index (Phi) is 4.40. The lowest BCUT2D eigenvalue weighted by atomic mass is 10.2. The Morgan fingerprint density at radius 2 is 1.72 bits per heavy atom. The summed E-state index contributed by atoms with van der Waals surface area (Å²) in [5.74, 6) is 1.49. The SMILES string of the molecule is N#Cc1ccc(Oc2ccc(Br)c(CBr)c2)cc1. The molecule has 2 nitrogen and oxygen atoms in total. The van der Waals surface area contributed by atoms with Gasteiger partial charge in [-0.15, -0.1) is 0 Å². The number of hydrogen-bond donors (Lipinski definition) is 0. The first-order valence-corrected chi connectivity index (χ1v) is 7.17. The van der Waals surface area contributed by atoms with Crippen LogP contribution in [0.1, 0.15) is 11.1 Å². The highest BCUT2D eigenvalue weighted by atomic mass is 79.9. The second-order valence-electron chi connectivity index (χ2n) is 3.63. The van der Waals surface area contributed by atoms with E-state index in [0.717, 1.165) is 26.9 Å². The summed E-state index contributed by atoms with van der Waals surface area (Å²) in [4.78, 5) is 0. The van der Waals surface area contributed by atoms with Crippen LogP contribution in [0.3, 0.4) is 0 Å². The third kappa shape index (κ3) is 3.12. The summed E-state index contributed by atoms with van der Waals surface area (Å²) in [6.45, 7) is 0. The maximum Gasteiger partial charge on any atom is 0.127 e. The predicted molar refractivity (Wildman–Crippen MR) is 78.0 cm³/mol. The number of nitriles is 1. The van der Waals surface area contributed by atoms with E-state index in [0.29, 0.717) is 5.56 Å². The van der Waals surface area contributed by atoms with E-state index in [4.69, 9.17) is 10.00 Å². The van der Waals surface area contributed by atoms with Crippen LogP contribution in [0.4, 0.5) is 0 Å². The number of benzene rings is 2. The van der Waals surface area contributed by atoms with Crippen molar-refractivity contribution >= 4 is 31.9 Å². The van der Waals surface area contributed by atoms with Gasteiger partial charge in [0.25, 0.3) is 0 Å². The first-order valence-electron chi connectivity index (χ1n) is 5.25. The van der Waals surface area contributed by atoms with Crippen LogP contribution in [0.15, 0.2) is 46.9 Å². The zero-order chi connectivity index (χ0) is 13.0. The van der Waals surface area contributed by atoms with Gasteiger partial charge in [0.05, 0.1) is 11.6 Å². The Balaban J connectivity index is 2.20. The Morgan fingerprint density at radius 1 is 1.06 bits per heavy atom. The van der Waals surface area contributed by atoms with Crippen LogP contribution in [0.25, 0.3) is 0 Å². The topological polar surface area (TPSA) is 33.0 Å². The van der Waals surface area contributed by atoms with Gasteiger partial charge in [0.15, 0.2) is 0 Å². The van der Waals surface area contributed by atoms with Crippen molar-refractivity contribution in [3.8, 4) is 17.6 Å². The molecule has 2 rings (SSSR count). The average Bonchev–Trinajstić information content (AvgIpc) is 2.42. The lowest BCUT2D eigenvalue weighted by Gasteiger charge is -2.08. The summed E-state index contributed by atoms with van der Waals surface area (Å²) in [6, 6.07) is 14.9. The van der Waals surface area contributed by atoms with Crippen LogP contribution in [0, 0.1) is 11.3 Å². The van der Waals surface area contributed by atoms with E-state index in [2.05, 4.69) is 37.9 Å². The molecule has 4 heteroatoms. The van der Waals surface area contributed by atoms with Crippen molar-refractivity contribution in [2.24, 2.45) is 0 Å². The number of hydrogen-bond acceptors (Lipinski definition) is 2. The molecular formula is C14H9Br2NO. The molecule has 0 spiro atoms. The standard InChI is InChI=1S/C14H9Br2NO/c15-8-11-7-13(5-6-14(11)16)18-12-3-1-10(9-17)2-4-12/h1-7H,8H2. The van der Waals surface area contributed by atoms with Gasteiger partial charge in [-0.3, -0.25) is 0 Å². The van der Waals surface area contributed by atoms with Crippen molar-refractivity contribution in [3.63, 3.8) is 0 Å². The summed E-state index contributed by atoms with van der Waals surface area (Å²) in [7, 11) is 0. The fourth-order valence-corrected chi connectivity index (χ4v) is 2.68. The molecule has 0 aliphatic carbocycles. The number of rotatable bonds is 3. The second kappa shape index (κ2) is 6.03. The smallest absolute Gasteiger partial charge is 0.127 e. The predicted octanol–water partition coefficient (Wildman–Crippen LogP) is 5.01. The highest BCUT2D eigenvalue weighted by Gasteiger charge is 2.02. The van der Waals surface area contributed by atoms with Crippen molar-refractivity contribution in [2.75, 3.05) is 0 Å². The molecule has 0 heterocycles. The molecular weight excluding hydrogens is 358 g/mol. The molecule has 0 saturated carbocycles. The van der Waals surface area contributed by atoms with Gasteiger partial charge in [0.1, 0.15) is 11.5 Å². The maximum absolute atomic E-state index is 8.72. The molecule has 0 fully saturated rings. The van der Waals surface area contributed by atoms with Gasteiger partial charge < -0.3 is 4.74 Å². The zero-order valence-corrected chi connectivity index (χ0v) is 12.5. The minimum absolute atomic E-state index is 0.624. The third-order valence-corrected chi connectivity index (χ3v) is 3.76. The molecule has 0 saturated heterocycles. The van der Waals surface area contributed by atoms with E-state index in [9.17, 15) is 0 Å². The summed E-state index contributed by atoms with van der Waals surface area (Å²) in [5.41, 5.74) is 1.75. The number of alkyl halides is 1.